The monoisotopic (exact) mass is 789 g/mol. The van der Waals surface area contributed by atoms with Crippen LogP contribution < -0.4 is 14.4 Å². The standard InChI is InChI=1S/C49H59NO2S3/c1-6-8-10-12-14-16-32-51-41-23-25-43(36(3)34-41)50(44-26-24-42(35-37(44)4)52-33-17-15-13-11-9-7-2)40-21-19-39(20-22-40)45-28-29-48(54-45)49-31-30-47(55-49)46-27-18-38(5)53-46/h18-31,34-35H,6-17,32-33H2,1-5H3. The Labute approximate surface area is 343 Å². The van der Waals surface area contributed by atoms with E-state index in [9.17, 15) is 0 Å². The third kappa shape index (κ3) is 11.4. The van der Waals surface area contributed by atoms with Crippen LogP contribution in [0, 0.1) is 20.8 Å². The van der Waals surface area contributed by atoms with Gasteiger partial charge in [-0.3, -0.25) is 0 Å². The van der Waals surface area contributed by atoms with Crippen LogP contribution in [0.4, 0.5) is 17.1 Å². The zero-order chi connectivity index (χ0) is 38.4. The van der Waals surface area contributed by atoms with Crippen molar-refractivity contribution in [3.8, 4) is 41.4 Å². The van der Waals surface area contributed by atoms with Gasteiger partial charge < -0.3 is 14.4 Å². The quantitative estimate of drug-likeness (QED) is 0.0640. The van der Waals surface area contributed by atoms with Crippen molar-refractivity contribution in [1.82, 2.24) is 0 Å². The van der Waals surface area contributed by atoms with E-state index in [0.29, 0.717) is 0 Å². The maximum Gasteiger partial charge on any atom is 0.119 e. The van der Waals surface area contributed by atoms with Crippen LogP contribution in [0.2, 0.25) is 0 Å². The highest BCUT2D eigenvalue weighted by Gasteiger charge is 2.19. The Morgan fingerprint density at radius 2 is 0.873 bits per heavy atom. The van der Waals surface area contributed by atoms with E-state index in [4.69, 9.17) is 9.47 Å². The minimum atomic E-state index is 0.766. The highest BCUT2D eigenvalue weighted by molar-refractivity contribution is 7.27. The Morgan fingerprint density at radius 3 is 1.35 bits per heavy atom. The number of benzene rings is 3. The Balaban J connectivity index is 1.20. The van der Waals surface area contributed by atoms with E-state index >= 15 is 0 Å². The molecule has 0 unspecified atom stereocenters. The first kappa shape index (κ1) is 40.8. The van der Waals surface area contributed by atoms with Crippen LogP contribution in [0.3, 0.4) is 0 Å². The Hall–Kier alpha value is -3.84. The molecule has 6 aromatic rings. The predicted octanol–water partition coefficient (Wildman–Crippen LogP) is 16.7. The predicted molar refractivity (Wildman–Crippen MR) is 243 cm³/mol. The molecule has 0 aliphatic heterocycles. The van der Waals surface area contributed by atoms with Gasteiger partial charge in [-0.25, -0.2) is 0 Å². The highest BCUT2D eigenvalue weighted by Crippen LogP contribution is 2.44. The molecule has 290 valence electrons. The van der Waals surface area contributed by atoms with E-state index in [0.717, 1.165) is 54.6 Å². The minimum absolute atomic E-state index is 0.766. The van der Waals surface area contributed by atoms with E-state index in [1.54, 1.807) is 0 Å². The molecule has 0 saturated heterocycles. The average molecular weight is 790 g/mol. The van der Waals surface area contributed by atoms with Gasteiger partial charge >= 0.3 is 0 Å². The lowest BCUT2D eigenvalue weighted by molar-refractivity contribution is 0.304. The molecule has 0 spiro atoms. The smallest absolute Gasteiger partial charge is 0.119 e. The molecular weight excluding hydrogens is 731 g/mol. The summed E-state index contributed by atoms with van der Waals surface area (Å²) in [6.07, 6.45) is 15.1. The number of unbranched alkanes of at least 4 members (excludes halogenated alkanes) is 10. The first-order valence-corrected chi connectivity index (χ1v) is 23.0. The van der Waals surface area contributed by atoms with Crippen LogP contribution in [0.25, 0.3) is 29.9 Å². The number of ether oxygens (including phenoxy) is 2. The lowest BCUT2D eigenvalue weighted by Crippen LogP contribution is -2.13. The van der Waals surface area contributed by atoms with Crippen molar-refractivity contribution in [2.75, 3.05) is 18.1 Å². The summed E-state index contributed by atoms with van der Waals surface area (Å²) in [5.41, 5.74) is 7.03. The molecule has 0 aliphatic carbocycles. The van der Waals surface area contributed by atoms with Crippen molar-refractivity contribution in [2.45, 2.75) is 112 Å². The lowest BCUT2D eigenvalue weighted by Gasteiger charge is -2.29. The fraction of sp³-hybridized carbons (Fsp3) is 0.388. The number of rotatable bonds is 22. The fourth-order valence-corrected chi connectivity index (χ4v) is 10.1. The van der Waals surface area contributed by atoms with Crippen LogP contribution in [0.15, 0.2) is 97.1 Å². The summed E-state index contributed by atoms with van der Waals surface area (Å²) >= 11 is 5.61. The normalized spacial score (nSPS) is 11.3. The van der Waals surface area contributed by atoms with Gasteiger partial charge in [-0.2, -0.15) is 0 Å². The summed E-state index contributed by atoms with van der Waals surface area (Å²) in [5, 5.41) is 0. The zero-order valence-electron chi connectivity index (χ0n) is 33.6. The van der Waals surface area contributed by atoms with Crippen LogP contribution in [-0.4, -0.2) is 13.2 Å². The van der Waals surface area contributed by atoms with Crippen LogP contribution in [0.1, 0.15) is 107 Å². The molecule has 0 fully saturated rings. The molecule has 3 aromatic carbocycles. The van der Waals surface area contributed by atoms with E-state index in [2.05, 4.69) is 137 Å². The van der Waals surface area contributed by atoms with Gasteiger partial charge in [-0.05, 0) is 135 Å². The molecule has 0 amide bonds. The number of nitrogens with zero attached hydrogens (tertiary/aromatic N) is 1. The Morgan fingerprint density at radius 1 is 0.436 bits per heavy atom. The van der Waals surface area contributed by atoms with Gasteiger partial charge in [-0.1, -0.05) is 90.2 Å². The van der Waals surface area contributed by atoms with E-state index in [1.807, 2.05) is 34.0 Å². The number of hydrogen-bond acceptors (Lipinski definition) is 6. The molecule has 55 heavy (non-hydrogen) atoms. The third-order valence-electron chi connectivity index (χ3n) is 10.2. The zero-order valence-corrected chi connectivity index (χ0v) is 36.1. The molecule has 0 radical (unpaired) electrons. The lowest BCUT2D eigenvalue weighted by atomic mass is 10.1. The maximum atomic E-state index is 6.24. The van der Waals surface area contributed by atoms with Crippen molar-refractivity contribution in [1.29, 1.82) is 0 Å². The van der Waals surface area contributed by atoms with Gasteiger partial charge in [0.25, 0.3) is 0 Å². The summed E-state index contributed by atoms with van der Waals surface area (Å²) in [7, 11) is 0. The molecule has 6 heteroatoms. The second kappa shape index (κ2) is 20.9. The van der Waals surface area contributed by atoms with E-state index < -0.39 is 0 Å². The number of aryl methyl sites for hydroxylation is 3. The van der Waals surface area contributed by atoms with Crippen LogP contribution >= 0.6 is 34.0 Å². The number of hydrogen-bond donors (Lipinski definition) is 0. The Bertz CT molecular complexity index is 1980. The van der Waals surface area contributed by atoms with Gasteiger partial charge in [0.2, 0.25) is 0 Å². The summed E-state index contributed by atoms with van der Waals surface area (Å²) in [6, 6.07) is 35.7. The second-order valence-electron chi connectivity index (χ2n) is 14.7. The fourth-order valence-electron chi connectivity index (χ4n) is 7.06. The second-order valence-corrected chi connectivity index (χ2v) is 18.2. The largest absolute Gasteiger partial charge is 0.494 e. The molecular formula is C49H59NO2S3. The molecule has 0 N–H and O–H groups in total. The van der Waals surface area contributed by atoms with Gasteiger partial charge in [-0.15, -0.1) is 34.0 Å². The summed E-state index contributed by atoms with van der Waals surface area (Å²) in [6.45, 7) is 12.6. The number of anilines is 3. The highest BCUT2D eigenvalue weighted by atomic mass is 32.1. The van der Waals surface area contributed by atoms with Crippen LogP contribution in [0.5, 0.6) is 11.5 Å². The molecule has 0 aliphatic rings. The SMILES string of the molecule is CCCCCCCCOc1ccc(N(c2ccc(-c3ccc(-c4ccc(-c5ccc(C)s5)s4)s3)cc2)c2ccc(OCCCCCCCC)cc2C)c(C)c1. The first-order chi connectivity index (χ1) is 26.9. The van der Waals surface area contributed by atoms with Gasteiger partial charge in [0, 0.05) is 46.3 Å². The van der Waals surface area contributed by atoms with Gasteiger partial charge in [0.1, 0.15) is 11.5 Å². The molecule has 0 bridgehead atoms. The molecule has 0 saturated carbocycles. The van der Waals surface area contributed by atoms with E-state index in [1.165, 1.54) is 110 Å². The minimum Gasteiger partial charge on any atom is -0.494 e. The van der Waals surface area contributed by atoms with Crippen molar-refractivity contribution in [2.24, 2.45) is 0 Å². The molecule has 3 nitrogen and oxygen atoms in total. The third-order valence-corrected chi connectivity index (χ3v) is 13.8. The molecule has 6 rings (SSSR count). The summed E-state index contributed by atoms with van der Waals surface area (Å²) < 4.78 is 12.5. The Kier molecular flexibility index (Phi) is 15.5. The first-order valence-electron chi connectivity index (χ1n) is 20.6. The summed E-state index contributed by atoms with van der Waals surface area (Å²) in [4.78, 5) is 10.4. The maximum absolute atomic E-state index is 6.24. The van der Waals surface area contributed by atoms with Crippen molar-refractivity contribution >= 4 is 51.1 Å². The van der Waals surface area contributed by atoms with E-state index in [-0.39, 0.29) is 0 Å². The van der Waals surface area contributed by atoms with Crippen LogP contribution in [-0.2, 0) is 0 Å². The van der Waals surface area contributed by atoms with Crippen molar-refractivity contribution < 1.29 is 9.47 Å². The molecule has 0 atom stereocenters. The van der Waals surface area contributed by atoms with Crippen molar-refractivity contribution in [3.05, 3.63) is 113 Å². The van der Waals surface area contributed by atoms with Crippen molar-refractivity contribution in [3.63, 3.8) is 0 Å². The molecule has 3 heterocycles. The molecule has 3 aromatic heterocycles. The number of thiophene rings is 3. The van der Waals surface area contributed by atoms with Gasteiger partial charge in [0.15, 0.2) is 0 Å². The van der Waals surface area contributed by atoms with Gasteiger partial charge in [0.05, 0.1) is 13.2 Å². The topological polar surface area (TPSA) is 21.7 Å². The summed E-state index contributed by atoms with van der Waals surface area (Å²) in [5.74, 6) is 1.88. The average Bonchev–Trinajstić information content (AvgIpc) is 3.98.